The summed E-state index contributed by atoms with van der Waals surface area (Å²) in [6, 6.07) is 10.8. The summed E-state index contributed by atoms with van der Waals surface area (Å²) in [6.07, 6.45) is 2.46. The number of nitrogens with zero attached hydrogens (tertiary/aromatic N) is 1. The second kappa shape index (κ2) is 7.81. The molecule has 2 aromatic rings. The van der Waals surface area contributed by atoms with Gasteiger partial charge in [0.05, 0.1) is 28.1 Å². The van der Waals surface area contributed by atoms with Gasteiger partial charge in [-0.15, -0.1) is 0 Å². The van der Waals surface area contributed by atoms with Gasteiger partial charge in [0, 0.05) is 5.02 Å². The van der Waals surface area contributed by atoms with Crippen molar-refractivity contribution in [1.29, 1.82) is 0 Å². The number of amides is 2. The van der Waals surface area contributed by atoms with Crippen molar-refractivity contribution in [3.05, 3.63) is 58.1 Å². The lowest BCUT2D eigenvalue weighted by Crippen LogP contribution is -2.30. The highest BCUT2D eigenvalue weighted by molar-refractivity contribution is 6.35. The van der Waals surface area contributed by atoms with Crippen LogP contribution in [0.5, 0.6) is 5.75 Å². The first kappa shape index (κ1) is 19.9. The average Bonchev–Trinajstić information content (AvgIpc) is 2.94. The first-order chi connectivity index (χ1) is 13.8. The zero-order valence-corrected chi connectivity index (χ0v) is 17.2. The number of hydrogen-bond donors (Lipinski definition) is 0. The summed E-state index contributed by atoms with van der Waals surface area (Å²) in [5.74, 6) is -0.691. The van der Waals surface area contributed by atoms with Gasteiger partial charge >= 0.3 is 5.97 Å². The van der Waals surface area contributed by atoms with Crippen molar-refractivity contribution >= 4 is 46.7 Å². The Morgan fingerprint density at radius 1 is 1.00 bits per heavy atom. The molecule has 1 aliphatic carbocycles. The molecule has 0 radical (unpaired) electrons. The molecule has 2 aromatic carbocycles. The lowest BCUT2D eigenvalue weighted by molar-refractivity contribution is -0.122. The van der Waals surface area contributed by atoms with Crippen molar-refractivity contribution in [2.75, 3.05) is 4.90 Å². The van der Waals surface area contributed by atoms with Crippen LogP contribution in [0.1, 0.15) is 36.5 Å². The first-order valence-corrected chi connectivity index (χ1v) is 10.3. The maximum Gasteiger partial charge on any atom is 0.343 e. The minimum atomic E-state index is -0.595. The van der Waals surface area contributed by atoms with Crippen molar-refractivity contribution in [2.24, 2.45) is 17.8 Å². The summed E-state index contributed by atoms with van der Waals surface area (Å²) in [4.78, 5) is 39.2. The van der Waals surface area contributed by atoms with Gasteiger partial charge < -0.3 is 4.74 Å². The summed E-state index contributed by atoms with van der Waals surface area (Å²) >= 11 is 11.9. The Morgan fingerprint density at radius 3 is 2.38 bits per heavy atom. The molecule has 0 N–H and O–H groups in total. The van der Waals surface area contributed by atoms with Crippen LogP contribution in [0.4, 0.5) is 5.69 Å². The van der Waals surface area contributed by atoms with E-state index in [0.717, 1.165) is 19.3 Å². The fraction of sp³-hybridized carbons (Fsp3) is 0.318. The van der Waals surface area contributed by atoms with Crippen molar-refractivity contribution in [1.82, 2.24) is 0 Å². The highest BCUT2D eigenvalue weighted by atomic mass is 35.5. The Kier molecular flexibility index (Phi) is 5.36. The molecular formula is C22H19Cl2NO4. The van der Waals surface area contributed by atoms with E-state index in [1.807, 2.05) is 0 Å². The molecule has 0 aromatic heterocycles. The first-order valence-electron chi connectivity index (χ1n) is 9.50. The molecule has 1 aliphatic heterocycles. The van der Waals surface area contributed by atoms with Gasteiger partial charge in [0.25, 0.3) is 0 Å². The Labute approximate surface area is 178 Å². The third-order valence-corrected chi connectivity index (χ3v) is 6.18. The summed E-state index contributed by atoms with van der Waals surface area (Å²) in [6.45, 7) is 2.12. The van der Waals surface area contributed by atoms with E-state index in [2.05, 4.69) is 6.92 Å². The minimum absolute atomic E-state index is 0.143. The molecule has 0 spiro atoms. The fourth-order valence-corrected chi connectivity index (χ4v) is 4.55. The third-order valence-electron chi connectivity index (χ3n) is 5.65. The van der Waals surface area contributed by atoms with E-state index >= 15 is 0 Å². The summed E-state index contributed by atoms with van der Waals surface area (Å²) in [5.41, 5.74) is 0.757. The quantitative estimate of drug-likeness (QED) is 0.383. The van der Waals surface area contributed by atoms with E-state index in [-0.39, 0.29) is 40.0 Å². The van der Waals surface area contributed by atoms with Gasteiger partial charge in [-0.25, -0.2) is 4.79 Å². The summed E-state index contributed by atoms with van der Waals surface area (Å²) in [7, 11) is 0. The average molecular weight is 432 g/mol. The van der Waals surface area contributed by atoms with Crippen LogP contribution in [0, 0.1) is 17.8 Å². The summed E-state index contributed by atoms with van der Waals surface area (Å²) in [5, 5.41) is 0.668. The van der Waals surface area contributed by atoms with Crippen molar-refractivity contribution in [3.63, 3.8) is 0 Å². The fourth-order valence-electron chi connectivity index (χ4n) is 4.11. The van der Waals surface area contributed by atoms with Crippen LogP contribution in [0.2, 0.25) is 10.0 Å². The van der Waals surface area contributed by atoms with E-state index in [9.17, 15) is 14.4 Å². The largest absolute Gasteiger partial charge is 0.421 e. The van der Waals surface area contributed by atoms with Crippen LogP contribution in [0.3, 0.4) is 0 Å². The lowest BCUT2D eigenvalue weighted by Gasteiger charge is -2.25. The van der Waals surface area contributed by atoms with Crippen LogP contribution in [0.25, 0.3) is 0 Å². The predicted octanol–water partition coefficient (Wildman–Crippen LogP) is 5.14. The maximum atomic E-state index is 12.8. The number of esters is 1. The van der Waals surface area contributed by atoms with Crippen LogP contribution in [0.15, 0.2) is 42.5 Å². The monoisotopic (exact) mass is 431 g/mol. The topological polar surface area (TPSA) is 63.7 Å². The highest BCUT2D eigenvalue weighted by Gasteiger charge is 2.49. The second-order valence-corrected chi connectivity index (χ2v) is 8.50. The number of imide groups is 1. The number of hydrogen-bond acceptors (Lipinski definition) is 4. The van der Waals surface area contributed by atoms with E-state index in [4.69, 9.17) is 27.9 Å². The van der Waals surface area contributed by atoms with Gasteiger partial charge in [-0.05, 0) is 67.6 Å². The normalized spacial score (nSPS) is 23.8. The third kappa shape index (κ3) is 3.77. The Hall–Kier alpha value is -2.37. The standard InChI is InChI=1S/C22H19Cl2NO4/c1-12-2-8-16-17(10-12)21(27)25(20(16)26)15-6-3-13(4-7-15)22(28)29-19-9-5-14(23)11-18(19)24/h3-7,9,11-12,16-17H,2,8,10H2,1H3. The molecule has 29 heavy (non-hydrogen) atoms. The van der Waals surface area contributed by atoms with Gasteiger partial charge in [0.2, 0.25) is 11.8 Å². The van der Waals surface area contributed by atoms with E-state index < -0.39 is 5.97 Å². The molecule has 1 saturated carbocycles. The molecule has 7 heteroatoms. The molecule has 2 amide bonds. The van der Waals surface area contributed by atoms with Gasteiger partial charge in [-0.3, -0.25) is 14.5 Å². The van der Waals surface area contributed by atoms with Gasteiger partial charge in [0.15, 0.2) is 0 Å². The van der Waals surface area contributed by atoms with Gasteiger partial charge in [-0.2, -0.15) is 0 Å². The zero-order chi connectivity index (χ0) is 20.7. The van der Waals surface area contributed by atoms with Crippen LogP contribution in [-0.2, 0) is 9.59 Å². The molecule has 3 atom stereocenters. The van der Waals surface area contributed by atoms with E-state index in [1.165, 1.54) is 29.2 Å². The zero-order valence-electron chi connectivity index (χ0n) is 15.7. The number of benzene rings is 2. The Bertz CT molecular complexity index is 989. The number of carbonyl (C=O) groups excluding carboxylic acids is 3. The smallest absolute Gasteiger partial charge is 0.343 e. The molecule has 1 saturated heterocycles. The SMILES string of the molecule is CC1CCC2C(=O)N(c3ccc(C(=O)Oc4ccc(Cl)cc4Cl)cc3)C(=O)C2C1. The van der Waals surface area contributed by atoms with Crippen LogP contribution >= 0.6 is 23.2 Å². The van der Waals surface area contributed by atoms with Gasteiger partial charge in [-0.1, -0.05) is 30.1 Å². The molecular weight excluding hydrogens is 413 g/mol. The molecule has 2 fully saturated rings. The van der Waals surface area contributed by atoms with E-state index in [0.29, 0.717) is 16.6 Å². The molecule has 1 heterocycles. The van der Waals surface area contributed by atoms with Crippen molar-refractivity contribution in [2.45, 2.75) is 26.2 Å². The molecule has 2 aliphatic rings. The van der Waals surface area contributed by atoms with Crippen LogP contribution < -0.4 is 9.64 Å². The number of fused-ring (bicyclic) bond motifs is 1. The number of carbonyl (C=O) groups is 3. The maximum absolute atomic E-state index is 12.8. The van der Waals surface area contributed by atoms with Gasteiger partial charge in [0.1, 0.15) is 5.75 Å². The second-order valence-electron chi connectivity index (χ2n) is 7.65. The van der Waals surface area contributed by atoms with E-state index in [1.54, 1.807) is 18.2 Å². The molecule has 150 valence electrons. The molecule has 3 unspecified atom stereocenters. The number of halogens is 2. The van der Waals surface area contributed by atoms with Crippen molar-refractivity contribution in [3.8, 4) is 5.75 Å². The number of rotatable bonds is 3. The number of ether oxygens (including phenoxy) is 1. The minimum Gasteiger partial charge on any atom is -0.421 e. The Balaban J connectivity index is 1.51. The number of anilines is 1. The molecule has 0 bridgehead atoms. The molecule has 5 nitrogen and oxygen atoms in total. The Morgan fingerprint density at radius 2 is 1.69 bits per heavy atom. The predicted molar refractivity (Wildman–Crippen MR) is 110 cm³/mol. The van der Waals surface area contributed by atoms with Crippen LogP contribution in [-0.4, -0.2) is 17.8 Å². The highest BCUT2D eigenvalue weighted by Crippen LogP contribution is 2.42. The lowest BCUT2D eigenvalue weighted by atomic mass is 9.76. The van der Waals surface area contributed by atoms with Crippen molar-refractivity contribution < 1.29 is 19.1 Å². The molecule has 4 rings (SSSR count). The summed E-state index contributed by atoms with van der Waals surface area (Å²) < 4.78 is 5.31.